The van der Waals surface area contributed by atoms with Crippen LogP contribution in [0.3, 0.4) is 0 Å². The third-order valence-electron chi connectivity index (χ3n) is 3.17. The Labute approximate surface area is 134 Å². The van der Waals surface area contributed by atoms with Crippen molar-refractivity contribution in [2.24, 2.45) is 0 Å². The fourth-order valence-corrected chi connectivity index (χ4v) is 1.96. The van der Waals surface area contributed by atoms with Crippen LogP contribution in [0.25, 0.3) is 0 Å². The maximum Gasteiger partial charge on any atom is 0.409 e. The van der Waals surface area contributed by atoms with E-state index in [1.807, 2.05) is 0 Å². The molecule has 128 valence electrons. The van der Waals surface area contributed by atoms with Gasteiger partial charge in [0, 0.05) is 19.2 Å². The lowest BCUT2D eigenvalue weighted by atomic mass is 10.3. The molecule has 0 spiro atoms. The molecule has 0 bridgehead atoms. The van der Waals surface area contributed by atoms with Crippen molar-refractivity contribution >= 4 is 11.9 Å². The van der Waals surface area contributed by atoms with Crippen molar-refractivity contribution in [2.75, 3.05) is 52.4 Å². The molecule has 0 saturated carbocycles. The molecule has 1 aromatic heterocycles. The van der Waals surface area contributed by atoms with Gasteiger partial charge in [0.05, 0.1) is 33.5 Å². The van der Waals surface area contributed by atoms with Crippen molar-refractivity contribution < 1.29 is 23.7 Å². The Morgan fingerprint density at radius 1 is 1.30 bits per heavy atom. The number of ether oxygens (including phenoxy) is 4. The lowest BCUT2D eigenvalue weighted by Crippen LogP contribution is -2.41. The molecule has 2 heterocycles. The van der Waals surface area contributed by atoms with E-state index in [4.69, 9.17) is 24.7 Å². The number of nitrogens with zero attached hydrogens (tertiary/aromatic N) is 3. The highest BCUT2D eigenvalue weighted by Crippen LogP contribution is 2.15. The molecule has 0 atom stereocenters. The van der Waals surface area contributed by atoms with Crippen molar-refractivity contribution in [3.8, 4) is 11.9 Å². The van der Waals surface area contributed by atoms with E-state index >= 15 is 0 Å². The van der Waals surface area contributed by atoms with Gasteiger partial charge in [-0.2, -0.15) is 9.97 Å². The van der Waals surface area contributed by atoms with E-state index in [1.165, 1.54) is 13.2 Å². The van der Waals surface area contributed by atoms with E-state index in [9.17, 15) is 4.79 Å². The van der Waals surface area contributed by atoms with Crippen molar-refractivity contribution in [1.82, 2.24) is 14.9 Å². The zero-order valence-corrected chi connectivity index (χ0v) is 13.2. The molecule has 2 N–H and O–H groups in total. The summed E-state index contributed by atoms with van der Waals surface area (Å²) in [6.45, 7) is 3.09. The number of methoxy groups -OCH3 is 1. The summed E-state index contributed by atoms with van der Waals surface area (Å²) in [6.07, 6.45) is 1.14. The van der Waals surface area contributed by atoms with Gasteiger partial charge in [0.2, 0.25) is 5.88 Å². The van der Waals surface area contributed by atoms with Crippen LogP contribution in [0.1, 0.15) is 12.8 Å². The molecular weight excluding hydrogens is 304 g/mol. The van der Waals surface area contributed by atoms with Gasteiger partial charge < -0.3 is 29.6 Å². The number of nitrogen functional groups attached to an aromatic ring is 1. The van der Waals surface area contributed by atoms with E-state index in [1.54, 1.807) is 4.90 Å². The average Bonchev–Trinajstić information content (AvgIpc) is 2.58. The first kappa shape index (κ1) is 17.1. The molecule has 0 aromatic carbocycles. The minimum atomic E-state index is -0.289. The highest BCUT2D eigenvalue weighted by molar-refractivity contribution is 5.67. The molecule has 1 aliphatic heterocycles. The summed E-state index contributed by atoms with van der Waals surface area (Å²) in [6, 6.07) is 1.69. The highest BCUT2D eigenvalue weighted by Gasteiger charge is 2.17. The maximum absolute atomic E-state index is 11.7. The van der Waals surface area contributed by atoms with Crippen molar-refractivity contribution in [2.45, 2.75) is 12.8 Å². The number of hydrogen-bond donors (Lipinski definition) is 1. The number of hydrogen-bond acceptors (Lipinski definition) is 8. The summed E-state index contributed by atoms with van der Waals surface area (Å²) >= 11 is 0. The molecule has 9 heteroatoms. The van der Waals surface area contributed by atoms with Gasteiger partial charge in [-0.1, -0.05) is 0 Å². The Morgan fingerprint density at radius 2 is 2.04 bits per heavy atom. The van der Waals surface area contributed by atoms with Gasteiger partial charge in [0.25, 0.3) is 0 Å². The van der Waals surface area contributed by atoms with E-state index in [-0.39, 0.29) is 17.9 Å². The first-order chi connectivity index (χ1) is 11.2. The Morgan fingerprint density at radius 3 is 2.78 bits per heavy atom. The lowest BCUT2D eigenvalue weighted by molar-refractivity contribution is 0.0265. The van der Waals surface area contributed by atoms with Crippen LogP contribution in [0.2, 0.25) is 0 Å². The molecule has 1 aromatic rings. The van der Waals surface area contributed by atoms with Crippen LogP contribution in [0.15, 0.2) is 6.07 Å². The Balaban J connectivity index is 1.58. The summed E-state index contributed by atoms with van der Waals surface area (Å²) in [5, 5.41) is 0. The number of carbonyl (C=O) groups excluding carboxylic acids is 1. The zero-order valence-electron chi connectivity index (χ0n) is 13.2. The van der Waals surface area contributed by atoms with Crippen LogP contribution in [0, 0.1) is 0 Å². The maximum atomic E-state index is 11.7. The van der Waals surface area contributed by atoms with Gasteiger partial charge in [-0.25, -0.2) is 4.79 Å². The van der Waals surface area contributed by atoms with Gasteiger partial charge in [-0.15, -0.1) is 0 Å². The summed E-state index contributed by atoms with van der Waals surface area (Å²) in [5.41, 5.74) is 5.61. The first-order valence-corrected chi connectivity index (χ1v) is 7.50. The third kappa shape index (κ3) is 5.78. The number of morpholine rings is 1. The number of unbranched alkanes of at least 4 members (excludes halogenated alkanes) is 1. The van der Waals surface area contributed by atoms with Gasteiger partial charge in [0.15, 0.2) is 0 Å². The molecule has 23 heavy (non-hydrogen) atoms. The second-order valence-electron chi connectivity index (χ2n) is 4.89. The van der Waals surface area contributed by atoms with Crippen LogP contribution >= 0.6 is 0 Å². The minimum Gasteiger partial charge on any atom is -0.477 e. The Kier molecular flexibility index (Phi) is 6.67. The van der Waals surface area contributed by atoms with Crippen LogP contribution in [-0.4, -0.2) is 67.6 Å². The number of nitrogens with two attached hydrogens (primary N) is 1. The predicted octanol–water partition coefficient (Wildman–Crippen LogP) is 0.695. The third-order valence-corrected chi connectivity index (χ3v) is 3.17. The van der Waals surface area contributed by atoms with Gasteiger partial charge in [0.1, 0.15) is 5.82 Å². The van der Waals surface area contributed by atoms with E-state index in [0.717, 1.165) is 6.42 Å². The zero-order chi connectivity index (χ0) is 16.5. The molecule has 1 aliphatic rings. The molecule has 2 rings (SSSR count). The predicted molar refractivity (Wildman–Crippen MR) is 81.5 cm³/mol. The quantitative estimate of drug-likeness (QED) is 0.729. The average molecular weight is 326 g/mol. The Hall–Kier alpha value is -2.29. The largest absolute Gasteiger partial charge is 0.477 e. The molecular formula is C14H22N4O5. The number of anilines is 1. The fourth-order valence-electron chi connectivity index (χ4n) is 1.96. The van der Waals surface area contributed by atoms with Crippen LogP contribution in [0.4, 0.5) is 10.6 Å². The Bertz CT molecular complexity index is 508. The van der Waals surface area contributed by atoms with Crippen molar-refractivity contribution in [3.63, 3.8) is 0 Å². The van der Waals surface area contributed by atoms with Crippen LogP contribution < -0.4 is 15.2 Å². The minimum absolute atomic E-state index is 0.166. The smallest absolute Gasteiger partial charge is 0.409 e. The van der Waals surface area contributed by atoms with Gasteiger partial charge in [-0.3, -0.25) is 0 Å². The van der Waals surface area contributed by atoms with E-state index < -0.39 is 0 Å². The molecule has 1 amide bonds. The van der Waals surface area contributed by atoms with Crippen molar-refractivity contribution in [3.05, 3.63) is 6.07 Å². The number of carbonyl (C=O) groups is 1. The van der Waals surface area contributed by atoms with Crippen LogP contribution in [-0.2, 0) is 9.47 Å². The SMILES string of the molecule is COc1nc(N)cc(OCCCCOC(=O)N2CCOCC2)n1. The molecule has 1 saturated heterocycles. The molecule has 9 nitrogen and oxygen atoms in total. The second-order valence-corrected chi connectivity index (χ2v) is 4.89. The summed E-state index contributed by atoms with van der Waals surface area (Å²) < 4.78 is 20.8. The van der Waals surface area contributed by atoms with E-state index in [0.29, 0.717) is 51.8 Å². The number of amides is 1. The van der Waals surface area contributed by atoms with E-state index in [2.05, 4.69) is 9.97 Å². The summed E-state index contributed by atoms with van der Waals surface area (Å²) in [7, 11) is 1.46. The monoisotopic (exact) mass is 326 g/mol. The number of rotatable bonds is 7. The first-order valence-electron chi connectivity index (χ1n) is 7.50. The molecule has 0 unspecified atom stereocenters. The molecule has 1 fully saturated rings. The fraction of sp³-hybridized carbons (Fsp3) is 0.643. The topological polar surface area (TPSA) is 109 Å². The van der Waals surface area contributed by atoms with Crippen molar-refractivity contribution in [1.29, 1.82) is 0 Å². The van der Waals surface area contributed by atoms with Gasteiger partial charge in [-0.05, 0) is 12.8 Å². The normalized spacial score (nSPS) is 14.4. The molecule has 0 aliphatic carbocycles. The standard InChI is InChI=1S/C14H22N4O5/c1-20-13-16-11(15)10-12(17-13)22-6-2-3-7-23-14(19)18-4-8-21-9-5-18/h10H,2-9H2,1H3,(H2,15,16,17). The second kappa shape index (κ2) is 8.99. The summed E-state index contributed by atoms with van der Waals surface area (Å²) in [4.78, 5) is 21.3. The summed E-state index contributed by atoms with van der Waals surface area (Å²) in [5.74, 6) is 0.644. The molecule has 0 radical (unpaired) electrons. The van der Waals surface area contributed by atoms with Crippen LogP contribution in [0.5, 0.6) is 11.9 Å². The highest BCUT2D eigenvalue weighted by atomic mass is 16.6. The lowest BCUT2D eigenvalue weighted by Gasteiger charge is -2.25. The number of aromatic nitrogens is 2. The van der Waals surface area contributed by atoms with Gasteiger partial charge >= 0.3 is 12.1 Å².